The van der Waals surface area contributed by atoms with Crippen LogP contribution in [-0.4, -0.2) is 36.1 Å². The molecule has 25 heavy (non-hydrogen) atoms. The van der Waals surface area contributed by atoms with Gasteiger partial charge in [-0.1, -0.05) is 37.3 Å². The smallest absolute Gasteiger partial charge is 0.255 e. The van der Waals surface area contributed by atoms with E-state index in [-0.39, 0.29) is 23.8 Å². The summed E-state index contributed by atoms with van der Waals surface area (Å²) in [5.74, 6) is -1.60. The molecule has 3 atom stereocenters. The molecule has 6 heteroatoms. The molecular formula is C19H18F2N2O2. The zero-order valence-corrected chi connectivity index (χ0v) is 13.8. The van der Waals surface area contributed by atoms with Crippen molar-refractivity contribution in [2.24, 2.45) is 11.8 Å². The normalized spacial score (nSPS) is 29.2. The molecule has 0 radical (unpaired) electrons. The third-order valence-electron chi connectivity index (χ3n) is 5.32. The molecule has 1 saturated heterocycles. The summed E-state index contributed by atoms with van der Waals surface area (Å²) in [5, 5.41) is 9.34. The second kappa shape index (κ2) is 6.40. The topological polar surface area (TPSA) is 61.2 Å². The van der Waals surface area contributed by atoms with Crippen LogP contribution in [-0.2, 0) is 15.0 Å². The molecule has 1 aliphatic heterocycles. The molecule has 1 amide bonds. The summed E-state index contributed by atoms with van der Waals surface area (Å²) in [6, 6.07) is 10.7. The number of Topliss-reactive ketones (excluding diaryl/α,β-unsaturated/α-hetero) is 1. The second-order valence-corrected chi connectivity index (χ2v) is 6.60. The highest BCUT2D eigenvalue weighted by molar-refractivity contribution is 6.06. The third-order valence-corrected chi connectivity index (χ3v) is 5.32. The van der Waals surface area contributed by atoms with Crippen LogP contribution in [0.4, 0.5) is 8.78 Å². The number of amides is 1. The number of rotatable bonds is 3. The predicted molar refractivity (Wildman–Crippen MR) is 86.7 cm³/mol. The van der Waals surface area contributed by atoms with Crippen LogP contribution in [0.3, 0.4) is 0 Å². The first kappa shape index (κ1) is 17.3. The van der Waals surface area contributed by atoms with Gasteiger partial charge in [0.15, 0.2) is 5.78 Å². The lowest BCUT2D eigenvalue weighted by atomic mass is 9.57. The molecule has 1 aliphatic carbocycles. The Labute approximate surface area is 144 Å². The monoisotopic (exact) mass is 344 g/mol. The summed E-state index contributed by atoms with van der Waals surface area (Å²) in [6.45, 7) is 1.26. The van der Waals surface area contributed by atoms with E-state index in [9.17, 15) is 23.6 Å². The van der Waals surface area contributed by atoms with Gasteiger partial charge in [0.05, 0.1) is 17.5 Å². The number of ketones is 1. The second-order valence-electron chi connectivity index (χ2n) is 6.60. The van der Waals surface area contributed by atoms with Crippen molar-refractivity contribution in [2.75, 3.05) is 13.1 Å². The SMILES string of the molecule is C[C@H]1C(=O)C(C#N)=C[C@@]2(c3ccccc3)C(=O)N(CC(F)F)CC[C@H]12. The van der Waals surface area contributed by atoms with E-state index in [0.29, 0.717) is 12.0 Å². The molecular weight excluding hydrogens is 326 g/mol. The summed E-state index contributed by atoms with van der Waals surface area (Å²) in [7, 11) is 0. The number of nitriles is 1. The molecule has 0 unspecified atom stereocenters. The lowest BCUT2D eigenvalue weighted by Gasteiger charge is -2.49. The predicted octanol–water partition coefficient (Wildman–Crippen LogP) is 2.71. The van der Waals surface area contributed by atoms with Crippen molar-refractivity contribution in [2.45, 2.75) is 25.2 Å². The highest BCUT2D eigenvalue weighted by atomic mass is 19.3. The van der Waals surface area contributed by atoms with Crippen LogP contribution in [0.15, 0.2) is 42.0 Å². The Bertz CT molecular complexity index is 769. The number of fused-ring (bicyclic) bond motifs is 1. The van der Waals surface area contributed by atoms with Gasteiger partial charge < -0.3 is 4.90 Å². The number of hydrogen-bond donors (Lipinski definition) is 0. The Morgan fingerprint density at radius 2 is 2.00 bits per heavy atom. The number of halogens is 2. The van der Waals surface area contributed by atoms with Crippen molar-refractivity contribution >= 4 is 11.7 Å². The number of likely N-dealkylation sites (tertiary alicyclic amines) is 1. The lowest BCUT2D eigenvalue weighted by molar-refractivity contribution is -0.146. The summed E-state index contributed by atoms with van der Waals surface area (Å²) in [6.07, 6.45) is -0.777. The van der Waals surface area contributed by atoms with Gasteiger partial charge in [0.25, 0.3) is 6.43 Å². The fraction of sp³-hybridized carbons (Fsp3) is 0.421. The van der Waals surface area contributed by atoms with Crippen LogP contribution in [0, 0.1) is 23.2 Å². The minimum atomic E-state index is -2.63. The Morgan fingerprint density at radius 3 is 2.60 bits per heavy atom. The number of carbonyl (C=O) groups is 2. The van der Waals surface area contributed by atoms with Gasteiger partial charge in [0.2, 0.25) is 5.91 Å². The average molecular weight is 344 g/mol. The van der Waals surface area contributed by atoms with Crippen molar-refractivity contribution in [3.05, 3.63) is 47.5 Å². The van der Waals surface area contributed by atoms with Gasteiger partial charge in [-0.25, -0.2) is 8.78 Å². The summed E-state index contributed by atoms with van der Waals surface area (Å²) >= 11 is 0. The third kappa shape index (κ3) is 2.64. The number of carbonyl (C=O) groups excluding carboxylic acids is 2. The highest BCUT2D eigenvalue weighted by Crippen LogP contribution is 2.49. The van der Waals surface area contributed by atoms with E-state index in [0.717, 1.165) is 4.90 Å². The standard InChI is InChI=1S/C19H18F2N2O2/c1-12-15-7-8-23(11-16(20)21)18(25)19(15,9-13(10-22)17(12)24)14-5-3-2-4-6-14/h2-6,9,12,15-16H,7-8,11H2,1H3/t12-,15-,19+/m1/s1. The van der Waals surface area contributed by atoms with Crippen molar-refractivity contribution in [1.29, 1.82) is 5.26 Å². The largest absolute Gasteiger partial charge is 0.336 e. The van der Waals surface area contributed by atoms with Gasteiger partial charge in [0.1, 0.15) is 6.07 Å². The van der Waals surface area contributed by atoms with E-state index in [1.165, 1.54) is 6.08 Å². The van der Waals surface area contributed by atoms with Crippen LogP contribution in [0.1, 0.15) is 18.9 Å². The molecule has 4 nitrogen and oxygen atoms in total. The van der Waals surface area contributed by atoms with Crippen molar-refractivity contribution < 1.29 is 18.4 Å². The molecule has 1 aromatic carbocycles. The first-order valence-electron chi connectivity index (χ1n) is 8.22. The Morgan fingerprint density at radius 1 is 1.32 bits per heavy atom. The van der Waals surface area contributed by atoms with Crippen LogP contribution in [0.2, 0.25) is 0 Å². The van der Waals surface area contributed by atoms with E-state index < -0.39 is 30.2 Å². The van der Waals surface area contributed by atoms with Gasteiger partial charge in [-0.2, -0.15) is 5.26 Å². The molecule has 0 aromatic heterocycles. The molecule has 2 aliphatic rings. The van der Waals surface area contributed by atoms with Crippen LogP contribution >= 0.6 is 0 Å². The van der Waals surface area contributed by atoms with Crippen molar-refractivity contribution in [1.82, 2.24) is 4.90 Å². The maximum atomic E-state index is 13.3. The Kier molecular flexibility index (Phi) is 4.42. The molecule has 0 N–H and O–H groups in total. The van der Waals surface area contributed by atoms with E-state index in [4.69, 9.17) is 0 Å². The first-order chi connectivity index (χ1) is 11.9. The number of alkyl halides is 2. The van der Waals surface area contributed by atoms with Gasteiger partial charge in [0, 0.05) is 12.5 Å². The van der Waals surface area contributed by atoms with Gasteiger partial charge in [-0.05, 0) is 24.0 Å². The van der Waals surface area contributed by atoms with Gasteiger partial charge >= 0.3 is 0 Å². The average Bonchev–Trinajstić information content (AvgIpc) is 2.61. The Hall–Kier alpha value is -2.55. The minimum Gasteiger partial charge on any atom is -0.336 e. The maximum absolute atomic E-state index is 13.3. The zero-order valence-electron chi connectivity index (χ0n) is 13.8. The molecule has 0 bridgehead atoms. The minimum absolute atomic E-state index is 0.0696. The Balaban J connectivity index is 2.21. The summed E-state index contributed by atoms with van der Waals surface area (Å²) < 4.78 is 25.8. The van der Waals surface area contributed by atoms with Crippen LogP contribution < -0.4 is 0 Å². The molecule has 1 aromatic rings. The fourth-order valence-electron chi connectivity index (χ4n) is 4.15. The first-order valence-corrected chi connectivity index (χ1v) is 8.22. The summed E-state index contributed by atoms with van der Waals surface area (Å²) in [5.41, 5.74) is -0.678. The van der Waals surface area contributed by atoms with E-state index >= 15 is 0 Å². The van der Waals surface area contributed by atoms with Crippen molar-refractivity contribution in [3.63, 3.8) is 0 Å². The molecule has 0 saturated carbocycles. The van der Waals surface area contributed by atoms with Crippen molar-refractivity contribution in [3.8, 4) is 6.07 Å². The number of allylic oxidation sites excluding steroid dienone is 1. The van der Waals surface area contributed by atoms with E-state index in [2.05, 4.69) is 0 Å². The van der Waals surface area contributed by atoms with Gasteiger partial charge in [-0.3, -0.25) is 9.59 Å². The molecule has 130 valence electrons. The number of nitrogens with zero attached hydrogens (tertiary/aromatic N) is 2. The number of piperidine rings is 1. The highest BCUT2D eigenvalue weighted by Gasteiger charge is 2.56. The fourth-order valence-corrected chi connectivity index (χ4v) is 4.15. The van der Waals surface area contributed by atoms with Crippen LogP contribution in [0.25, 0.3) is 0 Å². The van der Waals surface area contributed by atoms with Crippen LogP contribution in [0.5, 0.6) is 0 Å². The maximum Gasteiger partial charge on any atom is 0.255 e. The number of hydrogen-bond acceptors (Lipinski definition) is 3. The van der Waals surface area contributed by atoms with E-state index in [1.54, 1.807) is 37.3 Å². The zero-order chi connectivity index (χ0) is 18.2. The number of benzene rings is 1. The molecule has 0 spiro atoms. The molecule has 1 heterocycles. The van der Waals surface area contributed by atoms with E-state index in [1.807, 2.05) is 6.07 Å². The molecule has 1 fully saturated rings. The quantitative estimate of drug-likeness (QED) is 0.847. The summed E-state index contributed by atoms with van der Waals surface area (Å²) in [4.78, 5) is 26.8. The van der Waals surface area contributed by atoms with Gasteiger partial charge in [-0.15, -0.1) is 0 Å². The lowest BCUT2D eigenvalue weighted by Crippen LogP contribution is -2.60. The molecule has 3 rings (SSSR count).